The molecule has 2 N–H and O–H groups in total. The summed E-state index contributed by atoms with van der Waals surface area (Å²) in [5.74, 6) is 0.0928. The molecule has 3 rings (SSSR count). The molecular weight excluding hydrogens is 333 g/mol. The number of nitrogen functional groups attached to an aromatic ring is 1. The Hall–Kier alpha value is -0.970. The maximum atomic E-state index is 12.6. The Bertz CT molecular complexity index is 506. The first-order valence-electron chi connectivity index (χ1n) is 8.13. The Morgan fingerprint density at radius 1 is 0.957 bits per heavy atom. The van der Waals surface area contributed by atoms with Crippen molar-refractivity contribution in [3.05, 3.63) is 29.8 Å². The summed E-state index contributed by atoms with van der Waals surface area (Å²) < 4.78 is 0. The number of nitrogens with two attached hydrogens (primary N) is 1. The molecule has 4 nitrogen and oxygen atoms in total. The highest BCUT2D eigenvalue weighted by molar-refractivity contribution is 5.99. The number of hydrogen-bond acceptors (Lipinski definition) is 3. The van der Waals surface area contributed by atoms with Gasteiger partial charge in [-0.25, -0.2) is 0 Å². The lowest BCUT2D eigenvalue weighted by Crippen LogP contribution is -2.35. The van der Waals surface area contributed by atoms with Crippen molar-refractivity contribution in [2.24, 2.45) is 0 Å². The summed E-state index contributed by atoms with van der Waals surface area (Å²) in [4.78, 5) is 17.2. The molecule has 1 aromatic rings. The predicted molar refractivity (Wildman–Crippen MR) is 99.7 cm³/mol. The van der Waals surface area contributed by atoms with Crippen LogP contribution in [0.4, 0.5) is 5.69 Å². The van der Waals surface area contributed by atoms with Crippen LogP contribution in [0.3, 0.4) is 0 Å². The number of benzene rings is 1. The van der Waals surface area contributed by atoms with E-state index in [0.29, 0.717) is 17.3 Å². The van der Waals surface area contributed by atoms with E-state index in [-0.39, 0.29) is 30.7 Å². The smallest absolute Gasteiger partial charge is 0.255 e. The Labute approximate surface area is 151 Å². The van der Waals surface area contributed by atoms with Crippen molar-refractivity contribution in [1.82, 2.24) is 9.80 Å². The van der Waals surface area contributed by atoms with E-state index in [1.165, 1.54) is 32.4 Å². The molecule has 1 unspecified atom stereocenters. The molecule has 2 aliphatic heterocycles. The van der Waals surface area contributed by atoms with Gasteiger partial charge in [-0.1, -0.05) is 12.1 Å². The number of para-hydroxylation sites is 1. The van der Waals surface area contributed by atoms with Crippen LogP contribution in [-0.2, 0) is 0 Å². The molecule has 6 heteroatoms. The van der Waals surface area contributed by atoms with E-state index >= 15 is 0 Å². The van der Waals surface area contributed by atoms with Crippen LogP contribution >= 0.6 is 24.8 Å². The molecule has 1 atom stereocenters. The van der Waals surface area contributed by atoms with E-state index in [2.05, 4.69) is 4.90 Å². The van der Waals surface area contributed by atoms with Gasteiger partial charge < -0.3 is 15.5 Å². The molecular formula is C17H27Cl2N3O. The van der Waals surface area contributed by atoms with Crippen molar-refractivity contribution in [2.45, 2.75) is 38.1 Å². The van der Waals surface area contributed by atoms with Crippen molar-refractivity contribution in [1.29, 1.82) is 0 Å². The lowest BCUT2D eigenvalue weighted by molar-refractivity contribution is 0.0759. The fourth-order valence-corrected chi connectivity index (χ4v) is 3.62. The van der Waals surface area contributed by atoms with Crippen molar-refractivity contribution in [3.63, 3.8) is 0 Å². The number of halogens is 2. The van der Waals surface area contributed by atoms with E-state index in [1.807, 2.05) is 23.1 Å². The lowest BCUT2D eigenvalue weighted by atomic mass is 10.1. The molecule has 0 saturated carbocycles. The fourth-order valence-electron chi connectivity index (χ4n) is 3.62. The first-order valence-corrected chi connectivity index (χ1v) is 8.13. The number of hydrogen-bond donors (Lipinski definition) is 1. The van der Waals surface area contributed by atoms with Crippen LogP contribution in [0.2, 0.25) is 0 Å². The van der Waals surface area contributed by atoms with Crippen molar-refractivity contribution in [3.8, 4) is 0 Å². The highest BCUT2D eigenvalue weighted by atomic mass is 35.5. The first kappa shape index (κ1) is 20.1. The van der Waals surface area contributed by atoms with Crippen LogP contribution in [0.15, 0.2) is 24.3 Å². The van der Waals surface area contributed by atoms with E-state index in [4.69, 9.17) is 5.73 Å². The summed E-state index contributed by atoms with van der Waals surface area (Å²) in [6.07, 6.45) is 6.07. The largest absolute Gasteiger partial charge is 0.398 e. The van der Waals surface area contributed by atoms with Crippen molar-refractivity contribution < 1.29 is 4.79 Å². The van der Waals surface area contributed by atoms with Gasteiger partial charge in [0.2, 0.25) is 0 Å². The normalized spacial score (nSPS) is 21.9. The molecule has 23 heavy (non-hydrogen) atoms. The summed E-state index contributed by atoms with van der Waals surface area (Å²) in [7, 11) is 0. The molecule has 130 valence electrons. The van der Waals surface area contributed by atoms with E-state index in [9.17, 15) is 4.79 Å². The minimum atomic E-state index is 0. The number of amides is 1. The van der Waals surface area contributed by atoms with Gasteiger partial charge in [0.25, 0.3) is 5.91 Å². The highest BCUT2D eigenvalue weighted by Gasteiger charge is 2.27. The van der Waals surface area contributed by atoms with Gasteiger partial charge in [-0.15, -0.1) is 24.8 Å². The molecule has 2 fully saturated rings. The number of nitrogens with zero attached hydrogens (tertiary/aromatic N) is 2. The van der Waals surface area contributed by atoms with E-state index in [1.54, 1.807) is 6.07 Å². The summed E-state index contributed by atoms with van der Waals surface area (Å²) >= 11 is 0. The maximum absolute atomic E-state index is 12.6. The molecule has 1 aromatic carbocycles. The second-order valence-electron chi connectivity index (χ2n) is 6.21. The van der Waals surface area contributed by atoms with Gasteiger partial charge in [0.05, 0.1) is 5.56 Å². The topological polar surface area (TPSA) is 49.6 Å². The highest BCUT2D eigenvalue weighted by Crippen LogP contribution is 2.23. The minimum absolute atomic E-state index is 0. The molecule has 0 bridgehead atoms. The third-order valence-corrected chi connectivity index (χ3v) is 4.83. The summed E-state index contributed by atoms with van der Waals surface area (Å²) in [5.41, 5.74) is 7.17. The second-order valence-corrected chi connectivity index (χ2v) is 6.21. The second kappa shape index (κ2) is 9.36. The number of anilines is 1. The maximum Gasteiger partial charge on any atom is 0.255 e. The van der Waals surface area contributed by atoms with Gasteiger partial charge in [0.15, 0.2) is 0 Å². The number of carbonyl (C=O) groups excluding carboxylic acids is 1. The van der Waals surface area contributed by atoms with Gasteiger partial charge in [0.1, 0.15) is 0 Å². The standard InChI is InChI=1S/C17H25N3O.2ClH/c18-16-8-2-1-7-15(16)17(21)20-12-5-6-14(9-13-20)19-10-3-4-11-19;;/h1-2,7-8,14H,3-6,9-13,18H2;2*1H. The van der Waals surface area contributed by atoms with Crippen molar-refractivity contribution >= 4 is 36.4 Å². The van der Waals surface area contributed by atoms with Crippen molar-refractivity contribution in [2.75, 3.05) is 31.9 Å². The summed E-state index contributed by atoms with van der Waals surface area (Å²) in [6.45, 7) is 4.19. The minimum Gasteiger partial charge on any atom is -0.398 e. The third kappa shape index (κ3) is 4.75. The molecule has 2 saturated heterocycles. The zero-order valence-electron chi connectivity index (χ0n) is 13.4. The van der Waals surface area contributed by atoms with Crippen LogP contribution in [0, 0.1) is 0 Å². The molecule has 2 heterocycles. The van der Waals surface area contributed by atoms with Gasteiger partial charge in [-0.2, -0.15) is 0 Å². The molecule has 0 aliphatic carbocycles. The van der Waals surface area contributed by atoms with Gasteiger partial charge in [0, 0.05) is 24.8 Å². The van der Waals surface area contributed by atoms with Crippen LogP contribution < -0.4 is 5.73 Å². The van der Waals surface area contributed by atoms with Gasteiger partial charge >= 0.3 is 0 Å². The summed E-state index contributed by atoms with van der Waals surface area (Å²) in [6, 6.07) is 8.06. The molecule has 0 spiro atoms. The van der Waals surface area contributed by atoms with Gasteiger partial charge in [-0.05, 0) is 57.3 Å². The molecule has 0 aromatic heterocycles. The molecule has 1 amide bonds. The van der Waals surface area contributed by atoms with Crippen LogP contribution in [0.25, 0.3) is 0 Å². The Morgan fingerprint density at radius 3 is 2.35 bits per heavy atom. The lowest BCUT2D eigenvalue weighted by Gasteiger charge is -2.26. The first-order chi connectivity index (χ1) is 10.3. The molecule has 2 aliphatic rings. The number of carbonyl (C=O) groups is 1. The number of rotatable bonds is 2. The predicted octanol–water partition coefficient (Wildman–Crippen LogP) is 3.20. The van der Waals surface area contributed by atoms with E-state index in [0.717, 1.165) is 25.9 Å². The van der Waals surface area contributed by atoms with Gasteiger partial charge in [-0.3, -0.25) is 4.79 Å². The van der Waals surface area contributed by atoms with Crippen LogP contribution in [-0.4, -0.2) is 47.9 Å². The third-order valence-electron chi connectivity index (χ3n) is 4.83. The Kier molecular flexibility index (Phi) is 8.17. The van der Waals surface area contributed by atoms with E-state index < -0.39 is 0 Å². The molecule has 0 radical (unpaired) electrons. The average molecular weight is 360 g/mol. The zero-order chi connectivity index (χ0) is 14.7. The Balaban J connectivity index is 0.00000132. The van der Waals surface area contributed by atoms with Crippen LogP contribution in [0.5, 0.6) is 0 Å². The monoisotopic (exact) mass is 359 g/mol. The Morgan fingerprint density at radius 2 is 1.65 bits per heavy atom. The van der Waals surface area contributed by atoms with Crippen LogP contribution in [0.1, 0.15) is 42.5 Å². The zero-order valence-corrected chi connectivity index (χ0v) is 15.1. The fraction of sp³-hybridized carbons (Fsp3) is 0.588. The quantitative estimate of drug-likeness (QED) is 0.824. The average Bonchev–Trinajstić information content (AvgIpc) is 2.92. The number of likely N-dealkylation sites (tertiary alicyclic amines) is 2. The summed E-state index contributed by atoms with van der Waals surface area (Å²) in [5, 5.41) is 0. The SMILES string of the molecule is Cl.Cl.Nc1ccccc1C(=O)N1CCCC(N2CCCC2)CC1.